The Morgan fingerprint density at radius 3 is 2.47 bits per heavy atom. The smallest absolute Gasteiger partial charge is 0.0168 e. The highest BCUT2D eigenvalue weighted by molar-refractivity contribution is 5.17. The lowest BCUT2D eigenvalue weighted by molar-refractivity contribution is 0.528. The fraction of sp³-hybridized carbons (Fsp3) is 0.467. The summed E-state index contributed by atoms with van der Waals surface area (Å²) in [6.45, 7) is 8.51. The lowest BCUT2D eigenvalue weighted by Gasteiger charge is -2.16. The van der Waals surface area contributed by atoms with Crippen molar-refractivity contribution < 1.29 is 0 Å². The van der Waals surface area contributed by atoms with Gasteiger partial charge in [-0.15, -0.1) is 0 Å². The second-order valence-electron chi connectivity index (χ2n) is 4.38. The lowest BCUT2D eigenvalue weighted by atomic mass is 9.89. The van der Waals surface area contributed by atoms with E-state index in [0.29, 0.717) is 5.92 Å². The van der Waals surface area contributed by atoms with Crippen LogP contribution in [0.15, 0.2) is 42.5 Å². The minimum atomic E-state index is 0.660. The molecule has 1 unspecified atom stereocenters. The van der Waals surface area contributed by atoms with E-state index in [1.54, 1.807) is 0 Å². The molecule has 0 radical (unpaired) electrons. The van der Waals surface area contributed by atoms with Crippen LogP contribution in [0.3, 0.4) is 0 Å². The third kappa shape index (κ3) is 4.33. The van der Waals surface area contributed by atoms with Crippen molar-refractivity contribution in [2.45, 2.75) is 39.5 Å². The average Bonchev–Trinajstić information content (AvgIpc) is 2.25. The van der Waals surface area contributed by atoms with Crippen LogP contribution in [0, 0.1) is 5.92 Å². The van der Waals surface area contributed by atoms with Gasteiger partial charge in [0.1, 0.15) is 0 Å². The summed E-state index contributed by atoms with van der Waals surface area (Å²) >= 11 is 0. The van der Waals surface area contributed by atoms with Gasteiger partial charge in [-0.3, -0.25) is 0 Å². The highest BCUT2D eigenvalue weighted by Crippen LogP contribution is 2.21. The first-order valence-corrected chi connectivity index (χ1v) is 5.93. The molecule has 0 heterocycles. The zero-order chi connectivity index (χ0) is 11.1. The van der Waals surface area contributed by atoms with Crippen molar-refractivity contribution in [2.24, 2.45) is 5.92 Å². The average molecular weight is 202 g/mol. The summed E-state index contributed by atoms with van der Waals surface area (Å²) in [5.41, 5.74) is 2.76. The van der Waals surface area contributed by atoms with Crippen LogP contribution in [0.4, 0.5) is 0 Å². The van der Waals surface area contributed by atoms with Crippen LogP contribution in [-0.2, 0) is 6.42 Å². The molecule has 1 aromatic rings. The minimum absolute atomic E-state index is 0.660. The first-order valence-electron chi connectivity index (χ1n) is 5.93. The topological polar surface area (TPSA) is 0 Å². The molecule has 0 spiro atoms. The van der Waals surface area contributed by atoms with Gasteiger partial charge in [-0.05, 0) is 31.2 Å². The van der Waals surface area contributed by atoms with Crippen LogP contribution < -0.4 is 0 Å². The first kappa shape index (κ1) is 12.0. The Balaban J connectivity index is 2.55. The molecular weight excluding hydrogens is 180 g/mol. The molecule has 0 fully saturated rings. The number of unbranched alkanes of at least 4 members (excludes halogenated alkanes) is 1. The van der Waals surface area contributed by atoms with Crippen molar-refractivity contribution in [3.05, 3.63) is 48.0 Å². The van der Waals surface area contributed by atoms with Crippen molar-refractivity contribution >= 4 is 0 Å². The molecule has 0 nitrogen and oxygen atoms in total. The lowest BCUT2D eigenvalue weighted by Crippen LogP contribution is -2.05. The second-order valence-corrected chi connectivity index (χ2v) is 4.38. The maximum atomic E-state index is 4.10. The van der Waals surface area contributed by atoms with Crippen molar-refractivity contribution in [3.63, 3.8) is 0 Å². The zero-order valence-corrected chi connectivity index (χ0v) is 10.00. The molecule has 0 aromatic heterocycles. The third-order valence-corrected chi connectivity index (χ3v) is 2.93. The molecule has 0 heteroatoms. The maximum Gasteiger partial charge on any atom is -0.0168 e. The molecule has 1 aromatic carbocycles. The van der Waals surface area contributed by atoms with E-state index >= 15 is 0 Å². The number of allylic oxidation sites excluding steroid dienone is 1. The van der Waals surface area contributed by atoms with Gasteiger partial charge in [0.25, 0.3) is 0 Å². The van der Waals surface area contributed by atoms with E-state index in [0.717, 1.165) is 6.42 Å². The fourth-order valence-corrected chi connectivity index (χ4v) is 1.87. The molecule has 0 saturated heterocycles. The third-order valence-electron chi connectivity index (χ3n) is 2.93. The molecule has 0 bridgehead atoms. The monoisotopic (exact) mass is 202 g/mol. The van der Waals surface area contributed by atoms with Gasteiger partial charge in [-0.25, -0.2) is 0 Å². The zero-order valence-electron chi connectivity index (χ0n) is 10.00. The van der Waals surface area contributed by atoms with Crippen LogP contribution in [0.25, 0.3) is 0 Å². The number of benzene rings is 1. The molecule has 1 atom stereocenters. The molecule has 0 aliphatic rings. The normalized spacial score (nSPS) is 12.4. The van der Waals surface area contributed by atoms with Crippen molar-refractivity contribution in [3.8, 4) is 0 Å². The predicted octanol–water partition coefficient (Wildman–Crippen LogP) is 4.61. The largest absolute Gasteiger partial charge is 0.0998 e. The summed E-state index contributed by atoms with van der Waals surface area (Å²) in [6.07, 6.45) is 5.01. The van der Waals surface area contributed by atoms with Gasteiger partial charge < -0.3 is 0 Å². The summed E-state index contributed by atoms with van der Waals surface area (Å²) in [4.78, 5) is 0. The van der Waals surface area contributed by atoms with E-state index in [9.17, 15) is 0 Å². The quantitative estimate of drug-likeness (QED) is 0.591. The molecule has 0 aliphatic heterocycles. The Hall–Kier alpha value is -1.04. The van der Waals surface area contributed by atoms with Gasteiger partial charge >= 0.3 is 0 Å². The Bertz CT molecular complexity index is 284. The summed E-state index contributed by atoms with van der Waals surface area (Å²) < 4.78 is 0. The molecule has 0 saturated carbocycles. The Morgan fingerprint density at radius 2 is 1.93 bits per heavy atom. The predicted molar refractivity (Wildman–Crippen MR) is 68.0 cm³/mol. The summed E-state index contributed by atoms with van der Waals surface area (Å²) in [5, 5.41) is 0. The van der Waals surface area contributed by atoms with Gasteiger partial charge in [0.05, 0.1) is 0 Å². The minimum Gasteiger partial charge on any atom is -0.0998 e. The Kier molecular flexibility index (Phi) is 5.17. The first-order chi connectivity index (χ1) is 7.24. The van der Waals surface area contributed by atoms with Gasteiger partial charge in [-0.2, -0.15) is 0 Å². The number of hydrogen-bond donors (Lipinski definition) is 0. The molecule has 0 amide bonds. The second kappa shape index (κ2) is 6.44. The standard InChI is InChI=1S/C15H22/c1-4-5-11-15(13(2)3)12-14-9-7-6-8-10-14/h6-10,15H,2,4-5,11-12H2,1,3H3. The Labute approximate surface area is 94.0 Å². The SMILES string of the molecule is C=C(C)C(CCCC)Cc1ccccc1. The van der Waals surface area contributed by atoms with Crippen LogP contribution in [0.1, 0.15) is 38.7 Å². The Morgan fingerprint density at radius 1 is 1.27 bits per heavy atom. The molecular formula is C15H22. The van der Waals surface area contributed by atoms with Crippen molar-refractivity contribution in [1.82, 2.24) is 0 Å². The van der Waals surface area contributed by atoms with Gasteiger partial charge in [-0.1, -0.05) is 62.2 Å². The molecule has 82 valence electrons. The van der Waals surface area contributed by atoms with Crippen LogP contribution in [0.2, 0.25) is 0 Å². The van der Waals surface area contributed by atoms with E-state index in [1.807, 2.05) is 0 Å². The van der Waals surface area contributed by atoms with Crippen LogP contribution >= 0.6 is 0 Å². The summed E-state index contributed by atoms with van der Waals surface area (Å²) in [5.74, 6) is 0.660. The van der Waals surface area contributed by atoms with E-state index in [1.165, 1.54) is 30.4 Å². The fourth-order valence-electron chi connectivity index (χ4n) is 1.87. The maximum absolute atomic E-state index is 4.10. The molecule has 1 rings (SSSR count). The number of rotatable bonds is 6. The van der Waals surface area contributed by atoms with E-state index in [2.05, 4.69) is 50.8 Å². The number of hydrogen-bond acceptors (Lipinski definition) is 0. The summed E-state index contributed by atoms with van der Waals surface area (Å²) in [7, 11) is 0. The van der Waals surface area contributed by atoms with E-state index in [-0.39, 0.29) is 0 Å². The van der Waals surface area contributed by atoms with Gasteiger partial charge in [0.15, 0.2) is 0 Å². The van der Waals surface area contributed by atoms with Crippen molar-refractivity contribution in [1.29, 1.82) is 0 Å². The van der Waals surface area contributed by atoms with E-state index < -0.39 is 0 Å². The molecule has 0 aliphatic carbocycles. The highest BCUT2D eigenvalue weighted by Gasteiger charge is 2.09. The van der Waals surface area contributed by atoms with Gasteiger partial charge in [0, 0.05) is 0 Å². The van der Waals surface area contributed by atoms with Crippen LogP contribution in [0.5, 0.6) is 0 Å². The van der Waals surface area contributed by atoms with E-state index in [4.69, 9.17) is 0 Å². The molecule has 0 N–H and O–H groups in total. The van der Waals surface area contributed by atoms with Crippen molar-refractivity contribution in [2.75, 3.05) is 0 Å². The highest BCUT2D eigenvalue weighted by atomic mass is 14.1. The van der Waals surface area contributed by atoms with Crippen LogP contribution in [-0.4, -0.2) is 0 Å². The summed E-state index contributed by atoms with van der Waals surface area (Å²) in [6, 6.07) is 10.7. The van der Waals surface area contributed by atoms with Gasteiger partial charge in [0.2, 0.25) is 0 Å². The molecule has 15 heavy (non-hydrogen) atoms.